The van der Waals surface area contributed by atoms with Gasteiger partial charge >= 0.3 is 10.1 Å². The van der Waals surface area contributed by atoms with Crippen LogP contribution in [0.4, 0.5) is 11.6 Å². The summed E-state index contributed by atoms with van der Waals surface area (Å²) in [5.74, 6) is 0.527. The molecule has 0 bridgehead atoms. The van der Waals surface area contributed by atoms with Crippen molar-refractivity contribution in [3.63, 3.8) is 0 Å². The van der Waals surface area contributed by atoms with Gasteiger partial charge in [0.1, 0.15) is 10.6 Å². The topological polar surface area (TPSA) is 108 Å². The highest BCUT2D eigenvalue weighted by molar-refractivity contribution is 7.87. The van der Waals surface area contributed by atoms with E-state index in [1.54, 1.807) is 30.3 Å². The maximum Gasteiger partial charge on any atom is 0.339 e. The lowest BCUT2D eigenvalue weighted by molar-refractivity contribution is -0.117. The summed E-state index contributed by atoms with van der Waals surface area (Å²) in [4.78, 5) is 19.4. The van der Waals surface area contributed by atoms with E-state index >= 15 is 0 Å². The molecule has 2 fully saturated rings. The van der Waals surface area contributed by atoms with Crippen LogP contribution in [-0.4, -0.2) is 48.9 Å². The first kappa shape index (κ1) is 22.7. The third kappa shape index (κ3) is 4.88. The molecule has 180 valence electrons. The van der Waals surface area contributed by atoms with Gasteiger partial charge in [0.2, 0.25) is 11.9 Å². The van der Waals surface area contributed by atoms with E-state index in [2.05, 4.69) is 32.2 Å². The molecule has 2 aromatic carbocycles. The number of fused-ring (bicyclic) bond motifs is 1. The van der Waals surface area contributed by atoms with Gasteiger partial charge in [-0.2, -0.15) is 8.42 Å². The van der Waals surface area contributed by atoms with Crippen LogP contribution in [0.15, 0.2) is 47.4 Å². The number of H-pyrrole nitrogens is 1. The molecule has 1 saturated heterocycles. The zero-order valence-corrected chi connectivity index (χ0v) is 20.0. The molecule has 5 rings (SSSR count). The molecule has 0 unspecified atom stereocenters. The molecule has 10 heteroatoms. The first-order chi connectivity index (χ1) is 16.4. The van der Waals surface area contributed by atoms with Crippen LogP contribution in [0.25, 0.3) is 11.0 Å². The molecule has 1 aliphatic heterocycles. The van der Waals surface area contributed by atoms with Gasteiger partial charge in [-0.25, -0.2) is 9.99 Å². The van der Waals surface area contributed by atoms with Crippen LogP contribution < -0.4 is 14.5 Å². The van der Waals surface area contributed by atoms with Crippen molar-refractivity contribution in [3.8, 4) is 5.75 Å². The van der Waals surface area contributed by atoms with Crippen LogP contribution in [0.3, 0.4) is 0 Å². The maximum absolute atomic E-state index is 12.9. The molecule has 2 heterocycles. The van der Waals surface area contributed by atoms with E-state index < -0.39 is 10.1 Å². The Bertz CT molecular complexity index is 1280. The number of hydrogen-bond acceptors (Lipinski definition) is 7. The molecule has 1 aliphatic carbocycles. The van der Waals surface area contributed by atoms with Gasteiger partial charge in [0.05, 0.1) is 16.7 Å². The predicted molar refractivity (Wildman–Crippen MR) is 130 cm³/mol. The summed E-state index contributed by atoms with van der Waals surface area (Å²) in [6.45, 7) is 5.06. The van der Waals surface area contributed by atoms with Crippen molar-refractivity contribution >= 4 is 38.7 Å². The molecule has 3 aromatic rings. The van der Waals surface area contributed by atoms with Crippen molar-refractivity contribution in [1.82, 2.24) is 15.0 Å². The smallest absolute Gasteiger partial charge is 0.339 e. The Morgan fingerprint density at radius 3 is 2.59 bits per heavy atom. The number of carbonyl (C=O) groups excluding carboxylic acids is 1. The Morgan fingerprint density at radius 2 is 1.91 bits per heavy atom. The van der Waals surface area contributed by atoms with E-state index in [1.807, 2.05) is 12.1 Å². The summed E-state index contributed by atoms with van der Waals surface area (Å²) in [5.41, 5.74) is 2.16. The molecule has 2 aliphatic rings. The first-order valence-corrected chi connectivity index (χ1v) is 13.2. The Hall–Kier alpha value is -3.11. The molecular formula is C24H29N5O4S. The van der Waals surface area contributed by atoms with E-state index in [9.17, 15) is 13.2 Å². The predicted octanol–water partition coefficient (Wildman–Crippen LogP) is 3.91. The number of nitrogens with zero attached hydrogens (tertiary/aromatic N) is 3. The number of aromatic nitrogens is 2. The van der Waals surface area contributed by atoms with Crippen LogP contribution in [-0.2, 0) is 14.9 Å². The number of nitrogens with one attached hydrogen (secondary N) is 2. The molecule has 34 heavy (non-hydrogen) atoms. The minimum absolute atomic E-state index is 0.0520. The molecule has 0 atom stereocenters. The Kier molecular flexibility index (Phi) is 6.18. The molecule has 0 radical (unpaired) electrons. The summed E-state index contributed by atoms with van der Waals surface area (Å²) >= 11 is 0. The lowest BCUT2D eigenvalue weighted by atomic mass is 10.3. The van der Waals surface area contributed by atoms with Gasteiger partial charge in [-0.05, 0) is 68.5 Å². The fraction of sp³-hybridized carbons (Fsp3) is 0.417. The van der Waals surface area contributed by atoms with Crippen LogP contribution in [0.5, 0.6) is 5.75 Å². The first-order valence-electron chi connectivity index (χ1n) is 11.8. The van der Waals surface area contributed by atoms with Crippen LogP contribution >= 0.6 is 0 Å². The average molecular weight is 484 g/mol. The fourth-order valence-electron chi connectivity index (χ4n) is 4.21. The SMILES string of the molecule is CCCN(c1ccc(S(=O)(=O)Oc2ccc3nc(NC(=O)C4CC4)[nH]c3c2)cc1)N1CCCC1. The number of hydrazine groups is 1. The number of aromatic amines is 1. The Balaban J connectivity index is 1.30. The van der Waals surface area contributed by atoms with Crippen molar-refractivity contribution in [1.29, 1.82) is 0 Å². The van der Waals surface area contributed by atoms with Crippen LogP contribution in [0.2, 0.25) is 0 Å². The minimum Gasteiger partial charge on any atom is -0.379 e. The average Bonchev–Trinajstić information content (AvgIpc) is 3.39. The highest BCUT2D eigenvalue weighted by Gasteiger charge is 2.30. The zero-order valence-electron chi connectivity index (χ0n) is 19.2. The van der Waals surface area contributed by atoms with E-state index in [4.69, 9.17) is 4.18 Å². The maximum atomic E-state index is 12.9. The van der Waals surface area contributed by atoms with Gasteiger partial charge in [-0.15, -0.1) is 0 Å². The number of carbonyl (C=O) groups is 1. The minimum atomic E-state index is -4.01. The van der Waals surface area contributed by atoms with Crippen molar-refractivity contribution in [2.75, 3.05) is 30.0 Å². The van der Waals surface area contributed by atoms with Crippen molar-refractivity contribution < 1.29 is 17.4 Å². The van der Waals surface area contributed by atoms with E-state index in [0.29, 0.717) is 17.0 Å². The molecule has 0 spiro atoms. The Labute approximate surface area is 199 Å². The second-order valence-electron chi connectivity index (χ2n) is 8.84. The summed E-state index contributed by atoms with van der Waals surface area (Å²) in [6, 6.07) is 11.6. The monoisotopic (exact) mass is 483 g/mol. The van der Waals surface area contributed by atoms with Crippen LogP contribution in [0, 0.1) is 5.92 Å². The number of benzene rings is 2. The standard InChI is InChI=1S/C24H29N5O4S/c1-2-13-29(28-14-3-4-15-28)18-7-10-20(11-8-18)34(31,32)33-19-9-12-21-22(16-19)26-24(25-21)27-23(30)17-5-6-17/h7-12,16-17H,2-6,13-15H2,1H3,(H2,25,26,27,30). The third-order valence-corrected chi connectivity index (χ3v) is 7.39. The number of imidazole rings is 1. The van der Waals surface area contributed by atoms with Gasteiger partial charge in [0.15, 0.2) is 0 Å². The van der Waals surface area contributed by atoms with Gasteiger partial charge in [0, 0.05) is 31.6 Å². The number of hydrogen-bond donors (Lipinski definition) is 2. The summed E-state index contributed by atoms with van der Waals surface area (Å²) in [7, 11) is -4.01. The number of amides is 1. The normalized spacial score (nSPS) is 16.6. The molecular weight excluding hydrogens is 454 g/mol. The van der Waals surface area contributed by atoms with Crippen LogP contribution in [0.1, 0.15) is 39.0 Å². The quantitative estimate of drug-likeness (QED) is 0.444. The van der Waals surface area contributed by atoms with Gasteiger partial charge in [0.25, 0.3) is 0 Å². The fourth-order valence-corrected chi connectivity index (χ4v) is 5.13. The lowest BCUT2D eigenvalue weighted by Gasteiger charge is -2.33. The van der Waals surface area contributed by atoms with Gasteiger partial charge in [-0.3, -0.25) is 10.1 Å². The number of anilines is 2. The molecule has 9 nitrogen and oxygen atoms in total. The lowest BCUT2D eigenvalue weighted by Crippen LogP contribution is -2.41. The summed E-state index contributed by atoms with van der Waals surface area (Å²) in [6.07, 6.45) is 5.16. The molecule has 1 amide bonds. The summed E-state index contributed by atoms with van der Waals surface area (Å²) in [5, 5.41) is 7.31. The van der Waals surface area contributed by atoms with Gasteiger partial charge < -0.3 is 14.2 Å². The van der Waals surface area contributed by atoms with E-state index in [1.165, 1.54) is 12.8 Å². The largest absolute Gasteiger partial charge is 0.379 e. The highest BCUT2D eigenvalue weighted by atomic mass is 32.2. The highest BCUT2D eigenvalue weighted by Crippen LogP contribution is 2.30. The van der Waals surface area contributed by atoms with Crippen molar-refractivity contribution in [2.24, 2.45) is 5.92 Å². The van der Waals surface area contributed by atoms with Crippen molar-refractivity contribution in [3.05, 3.63) is 42.5 Å². The van der Waals surface area contributed by atoms with E-state index in [-0.39, 0.29) is 22.5 Å². The Morgan fingerprint density at radius 1 is 1.18 bits per heavy atom. The molecule has 2 N–H and O–H groups in total. The second kappa shape index (κ2) is 9.27. The number of rotatable bonds is 9. The third-order valence-electron chi connectivity index (χ3n) is 6.13. The molecule has 1 aromatic heterocycles. The van der Waals surface area contributed by atoms with E-state index in [0.717, 1.165) is 44.6 Å². The molecule has 1 saturated carbocycles. The van der Waals surface area contributed by atoms with Crippen molar-refractivity contribution in [2.45, 2.75) is 43.9 Å². The second-order valence-corrected chi connectivity index (χ2v) is 10.4. The summed E-state index contributed by atoms with van der Waals surface area (Å²) < 4.78 is 31.2. The van der Waals surface area contributed by atoms with Gasteiger partial charge in [-0.1, -0.05) is 6.92 Å². The zero-order chi connectivity index (χ0) is 23.7.